The molecule has 2 aliphatic heterocycles. The van der Waals surface area contributed by atoms with Crippen LogP contribution in [0.4, 0.5) is 0 Å². The van der Waals surface area contributed by atoms with Gasteiger partial charge in [-0.15, -0.1) is 0 Å². The number of aromatic hydroxyl groups is 1. The Kier molecular flexibility index (Phi) is 8.23. The number of nitrogens with one attached hydrogen (secondary N) is 3. The maximum Gasteiger partial charge on any atom is 0.326 e. The summed E-state index contributed by atoms with van der Waals surface area (Å²) in [6.07, 6.45) is 2.65. The van der Waals surface area contributed by atoms with Gasteiger partial charge in [-0.25, -0.2) is 4.79 Å². The third-order valence-corrected chi connectivity index (χ3v) is 6.00. The Labute approximate surface area is 191 Å². The molecule has 2 aliphatic rings. The number of amides is 3. The van der Waals surface area contributed by atoms with Crippen molar-refractivity contribution < 1.29 is 34.5 Å². The van der Waals surface area contributed by atoms with Crippen molar-refractivity contribution in [3.63, 3.8) is 0 Å². The molecule has 0 bridgehead atoms. The molecule has 0 spiro atoms. The van der Waals surface area contributed by atoms with E-state index in [1.165, 1.54) is 29.2 Å². The molecule has 1 aromatic carbocycles. The summed E-state index contributed by atoms with van der Waals surface area (Å²) in [5.41, 5.74) is 0.575. The molecule has 3 rings (SSSR count). The fourth-order valence-electron chi connectivity index (χ4n) is 4.20. The zero-order chi connectivity index (χ0) is 24.0. The molecule has 3 amide bonds. The summed E-state index contributed by atoms with van der Waals surface area (Å²) in [6.45, 7) is 0.468. The number of phenolic OH excluding ortho intramolecular Hbond substituents is 1. The third-order valence-electron chi connectivity index (χ3n) is 6.00. The molecule has 0 radical (unpaired) electrons. The lowest BCUT2D eigenvalue weighted by molar-refractivity contribution is -0.143. The second kappa shape index (κ2) is 11.1. The van der Waals surface area contributed by atoms with E-state index in [1.54, 1.807) is 0 Å². The molecular formula is C22H30N4O7. The number of nitrogens with zero attached hydrogens (tertiary/aromatic N) is 1. The SMILES string of the molecule is O=C(O)C(Cc1ccc(O)cc1)NC(=O)C(CO)NC(=O)C1CCCN1C(=O)C1CCCN1. The van der Waals surface area contributed by atoms with Crippen LogP contribution in [0.3, 0.4) is 0 Å². The van der Waals surface area contributed by atoms with E-state index in [1.807, 2.05) is 0 Å². The van der Waals surface area contributed by atoms with Crippen LogP contribution in [0.25, 0.3) is 0 Å². The lowest BCUT2D eigenvalue weighted by Gasteiger charge is -2.28. The van der Waals surface area contributed by atoms with Gasteiger partial charge in [-0.1, -0.05) is 12.1 Å². The Hall–Kier alpha value is -3.18. The van der Waals surface area contributed by atoms with Gasteiger partial charge in [-0.05, 0) is 49.9 Å². The zero-order valence-corrected chi connectivity index (χ0v) is 18.2. The smallest absolute Gasteiger partial charge is 0.326 e. The average molecular weight is 463 g/mol. The number of likely N-dealkylation sites (tertiary alicyclic amines) is 1. The molecule has 180 valence electrons. The van der Waals surface area contributed by atoms with Gasteiger partial charge in [0.2, 0.25) is 17.7 Å². The summed E-state index contributed by atoms with van der Waals surface area (Å²) in [6, 6.07) is 2.17. The lowest BCUT2D eigenvalue weighted by Crippen LogP contribution is -2.57. The van der Waals surface area contributed by atoms with Crippen LogP contribution >= 0.6 is 0 Å². The molecule has 2 fully saturated rings. The van der Waals surface area contributed by atoms with Gasteiger partial charge in [0, 0.05) is 13.0 Å². The minimum atomic E-state index is -1.36. The van der Waals surface area contributed by atoms with E-state index in [0.717, 1.165) is 13.0 Å². The van der Waals surface area contributed by atoms with E-state index < -0.39 is 42.5 Å². The number of carbonyl (C=O) groups is 4. The molecule has 6 N–H and O–H groups in total. The van der Waals surface area contributed by atoms with Gasteiger partial charge in [0.05, 0.1) is 12.6 Å². The summed E-state index contributed by atoms with van der Waals surface area (Å²) >= 11 is 0. The summed E-state index contributed by atoms with van der Waals surface area (Å²) in [5.74, 6) is -2.80. The standard InChI is InChI=1S/C22H30N4O7/c27-12-17(19(29)24-16(22(32)33)11-13-5-7-14(28)8-6-13)25-20(30)18-4-2-10-26(18)21(31)15-3-1-9-23-15/h5-8,15-18,23,27-28H,1-4,9-12H2,(H,24,29)(H,25,30)(H,32,33). The van der Waals surface area contributed by atoms with Gasteiger partial charge in [-0.3, -0.25) is 14.4 Å². The van der Waals surface area contributed by atoms with Crippen LogP contribution in [-0.4, -0.2) is 87.8 Å². The van der Waals surface area contributed by atoms with Gasteiger partial charge in [0.1, 0.15) is 23.9 Å². The maximum atomic E-state index is 12.8. The summed E-state index contributed by atoms with van der Waals surface area (Å²) in [4.78, 5) is 51.3. The van der Waals surface area contributed by atoms with Crippen molar-refractivity contribution in [3.8, 4) is 5.75 Å². The summed E-state index contributed by atoms with van der Waals surface area (Å²) in [5, 5.41) is 36.4. The quantitative estimate of drug-likeness (QED) is 0.264. The van der Waals surface area contributed by atoms with Gasteiger partial charge < -0.3 is 36.2 Å². The first-order valence-corrected chi connectivity index (χ1v) is 11.1. The van der Waals surface area contributed by atoms with E-state index in [2.05, 4.69) is 16.0 Å². The van der Waals surface area contributed by atoms with E-state index in [-0.39, 0.29) is 24.1 Å². The molecular weight excluding hydrogens is 432 g/mol. The second-order valence-electron chi connectivity index (χ2n) is 8.35. The number of aliphatic carboxylic acids is 1. The number of carboxylic acid groups (broad SMARTS) is 1. The fourth-order valence-corrected chi connectivity index (χ4v) is 4.20. The summed E-state index contributed by atoms with van der Waals surface area (Å²) < 4.78 is 0. The normalized spacial score (nSPS) is 21.9. The topological polar surface area (TPSA) is 168 Å². The fraction of sp³-hybridized carbons (Fsp3) is 0.545. The molecule has 11 heteroatoms. The number of rotatable bonds is 9. The number of benzene rings is 1. The van der Waals surface area contributed by atoms with Gasteiger partial charge in [0.15, 0.2) is 0 Å². The highest BCUT2D eigenvalue weighted by atomic mass is 16.4. The number of hydrogen-bond acceptors (Lipinski definition) is 7. The number of aliphatic hydroxyl groups is 1. The summed E-state index contributed by atoms with van der Waals surface area (Å²) in [7, 11) is 0. The van der Waals surface area contributed by atoms with Crippen molar-refractivity contribution in [1.29, 1.82) is 0 Å². The van der Waals surface area contributed by atoms with Crippen molar-refractivity contribution >= 4 is 23.7 Å². The average Bonchev–Trinajstić information content (AvgIpc) is 3.50. The minimum absolute atomic E-state index is 0.0286. The Balaban J connectivity index is 1.60. The first-order chi connectivity index (χ1) is 15.8. The number of aliphatic hydroxyl groups excluding tert-OH is 1. The van der Waals surface area contributed by atoms with Crippen LogP contribution in [0.1, 0.15) is 31.2 Å². The molecule has 2 saturated heterocycles. The van der Waals surface area contributed by atoms with Crippen molar-refractivity contribution in [1.82, 2.24) is 20.9 Å². The van der Waals surface area contributed by atoms with E-state index >= 15 is 0 Å². The maximum absolute atomic E-state index is 12.8. The zero-order valence-electron chi connectivity index (χ0n) is 18.2. The molecule has 0 saturated carbocycles. The molecule has 4 atom stereocenters. The highest BCUT2D eigenvalue weighted by Gasteiger charge is 2.39. The highest BCUT2D eigenvalue weighted by Crippen LogP contribution is 2.21. The van der Waals surface area contributed by atoms with Crippen molar-refractivity contribution in [3.05, 3.63) is 29.8 Å². The number of phenols is 1. The Bertz CT molecular complexity index is 870. The molecule has 0 aliphatic carbocycles. The van der Waals surface area contributed by atoms with Crippen molar-refractivity contribution in [2.45, 2.75) is 56.3 Å². The monoisotopic (exact) mass is 462 g/mol. The number of carboxylic acids is 1. The van der Waals surface area contributed by atoms with Crippen LogP contribution < -0.4 is 16.0 Å². The largest absolute Gasteiger partial charge is 0.508 e. The Morgan fingerprint density at radius 3 is 2.39 bits per heavy atom. The predicted molar refractivity (Wildman–Crippen MR) is 116 cm³/mol. The van der Waals surface area contributed by atoms with Crippen molar-refractivity contribution in [2.24, 2.45) is 0 Å². The van der Waals surface area contributed by atoms with Crippen molar-refractivity contribution in [2.75, 3.05) is 19.7 Å². The lowest BCUT2D eigenvalue weighted by atomic mass is 10.1. The molecule has 11 nitrogen and oxygen atoms in total. The molecule has 1 aromatic rings. The molecule has 2 heterocycles. The van der Waals surface area contributed by atoms with Gasteiger partial charge in [-0.2, -0.15) is 0 Å². The molecule has 4 unspecified atom stereocenters. The third kappa shape index (κ3) is 6.20. The number of carbonyl (C=O) groups excluding carboxylic acids is 3. The molecule has 33 heavy (non-hydrogen) atoms. The van der Waals surface area contributed by atoms with Crippen LogP contribution in [0.15, 0.2) is 24.3 Å². The predicted octanol–water partition coefficient (Wildman–Crippen LogP) is -1.28. The number of hydrogen-bond donors (Lipinski definition) is 6. The van der Waals surface area contributed by atoms with E-state index in [9.17, 15) is 34.5 Å². The Morgan fingerprint density at radius 2 is 1.79 bits per heavy atom. The van der Waals surface area contributed by atoms with E-state index in [4.69, 9.17) is 0 Å². The Morgan fingerprint density at radius 1 is 1.06 bits per heavy atom. The first-order valence-electron chi connectivity index (χ1n) is 11.1. The van der Waals surface area contributed by atoms with Crippen LogP contribution in [0, 0.1) is 0 Å². The van der Waals surface area contributed by atoms with Gasteiger partial charge in [0.25, 0.3) is 0 Å². The van der Waals surface area contributed by atoms with Crippen LogP contribution in [-0.2, 0) is 25.6 Å². The van der Waals surface area contributed by atoms with Crippen LogP contribution in [0.2, 0.25) is 0 Å². The van der Waals surface area contributed by atoms with Crippen LogP contribution in [0.5, 0.6) is 5.75 Å². The highest BCUT2D eigenvalue weighted by molar-refractivity contribution is 5.94. The van der Waals surface area contributed by atoms with E-state index in [0.29, 0.717) is 31.4 Å². The molecule has 0 aromatic heterocycles. The minimum Gasteiger partial charge on any atom is -0.508 e. The first kappa shape index (κ1) is 24.5. The van der Waals surface area contributed by atoms with Gasteiger partial charge >= 0.3 is 5.97 Å². The second-order valence-corrected chi connectivity index (χ2v) is 8.35.